The number of hydrogen-bond donors (Lipinski definition) is 1. The van der Waals surface area contributed by atoms with Crippen molar-refractivity contribution in [2.24, 2.45) is 0 Å². The van der Waals surface area contributed by atoms with Crippen LogP contribution in [0, 0.1) is 0 Å². The van der Waals surface area contributed by atoms with Gasteiger partial charge in [-0.2, -0.15) is 0 Å². The first-order valence-electron chi connectivity index (χ1n) is 9.30. The second-order valence-corrected chi connectivity index (χ2v) is 9.13. The third-order valence-corrected chi connectivity index (χ3v) is 6.60. The van der Waals surface area contributed by atoms with Crippen LogP contribution in [-0.4, -0.2) is 50.7 Å². The van der Waals surface area contributed by atoms with Crippen LogP contribution in [0.3, 0.4) is 0 Å². The largest absolute Gasteiger partial charge is 0.395 e. The van der Waals surface area contributed by atoms with Crippen molar-refractivity contribution in [3.05, 3.63) is 63.2 Å². The zero-order chi connectivity index (χ0) is 20.6. The highest BCUT2D eigenvalue weighted by Gasteiger charge is 2.31. The summed E-state index contributed by atoms with van der Waals surface area (Å²) < 4.78 is 0.529. The molecule has 1 fully saturated rings. The van der Waals surface area contributed by atoms with Crippen LogP contribution in [0.5, 0.6) is 0 Å². The fourth-order valence-electron chi connectivity index (χ4n) is 2.96. The smallest absolute Gasteiger partial charge is 0.266 e. The van der Waals surface area contributed by atoms with E-state index < -0.39 is 0 Å². The van der Waals surface area contributed by atoms with Gasteiger partial charge in [0.1, 0.15) is 4.32 Å². The van der Waals surface area contributed by atoms with Gasteiger partial charge in [0.05, 0.1) is 11.5 Å². The minimum atomic E-state index is -0.0997. The normalized spacial score (nSPS) is 15.3. The number of carbonyl (C=O) groups is 2. The standard InChI is InChI=1S/C21H22N2O3S3/c24-12-11-22(15-16-6-2-1-3-7-16)19(25)9-4-10-23-20(26)18(29-21(23)27)14-17-8-5-13-28-17/h1-3,5-8,13-14,24H,4,9-12,15H2/b18-14-. The Kier molecular flexibility index (Phi) is 8.00. The lowest BCUT2D eigenvalue weighted by atomic mass is 10.2. The van der Waals surface area contributed by atoms with E-state index in [4.69, 9.17) is 12.2 Å². The molecule has 0 saturated carbocycles. The van der Waals surface area contributed by atoms with Gasteiger partial charge in [-0.3, -0.25) is 14.5 Å². The molecule has 1 aromatic carbocycles. The Morgan fingerprint density at radius 1 is 1.21 bits per heavy atom. The summed E-state index contributed by atoms with van der Waals surface area (Å²) in [4.78, 5) is 30.1. The maximum atomic E-state index is 12.6. The number of thioether (sulfide) groups is 1. The minimum absolute atomic E-state index is 0.0394. The molecular weight excluding hydrogens is 424 g/mol. The van der Waals surface area contributed by atoms with Gasteiger partial charge >= 0.3 is 0 Å². The molecule has 0 unspecified atom stereocenters. The predicted molar refractivity (Wildman–Crippen MR) is 122 cm³/mol. The van der Waals surface area contributed by atoms with Crippen LogP contribution >= 0.6 is 35.3 Å². The van der Waals surface area contributed by atoms with Crippen molar-refractivity contribution in [2.75, 3.05) is 19.7 Å². The Labute approximate surface area is 184 Å². The average molecular weight is 447 g/mol. The van der Waals surface area contributed by atoms with Gasteiger partial charge in [0.2, 0.25) is 5.91 Å². The van der Waals surface area contributed by atoms with Crippen LogP contribution in [0.4, 0.5) is 0 Å². The number of thiocarbonyl (C=S) groups is 1. The molecule has 1 N–H and O–H groups in total. The number of benzene rings is 1. The van der Waals surface area contributed by atoms with Crippen molar-refractivity contribution in [1.29, 1.82) is 0 Å². The van der Waals surface area contributed by atoms with Crippen molar-refractivity contribution >= 4 is 57.5 Å². The van der Waals surface area contributed by atoms with E-state index in [0.29, 0.717) is 41.7 Å². The van der Waals surface area contributed by atoms with Crippen molar-refractivity contribution in [1.82, 2.24) is 9.80 Å². The second kappa shape index (κ2) is 10.7. The molecule has 0 aliphatic carbocycles. The van der Waals surface area contributed by atoms with Gasteiger partial charge in [-0.1, -0.05) is 60.4 Å². The molecule has 1 aliphatic rings. The van der Waals surface area contributed by atoms with Gasteiger partial charge in [0.25, 0.3) is 5.91 Å². The van der Waals surface area contributed by atoms with Gasteiger partial charge in [0, 0.05) is 30.9 Å². The SMILES string of the molecule is O=C(CCCN1C(=O)/C(=C/c2cccs2)SC1=S)N(CCO)Cc1ccccc1. The zero-order valence-corrected chi connectivity index (χ0v) is 18.3. The molecule has 2 heterocycles. The van der Waals surface area contributed by atoms with E-state index in [1.165, 1.54) is 11.8 Å². The lowest BCUT2D eigenvalue weighted by molar-refractivity contribution is -0.132. The first-order valence-corrected chi connectivity index (χ1v) is 11.4. The number of nitrogens with zero attached hydrogens (tertiary/aromatic N) is 2. The summed E-state index contributed by atoms with van der Waals surface area (Å²) in [7, 11) is 0. The molecule has 2 amide bonds. The van der Waals surface area contributed by atoms with Gasteiger partial charge in [-0.25, -0.2) is 0 Å². The molecule has 1 aromatic heterocycles. The molecule has 1 saturated heterocycles. The molecule has 0 bridgehead atoms. The van der Waals surface area contributed by atoms with Crippen LogP contribution in [0.1, 0.15) is 23.3 Å². The monoisotopic (exact) mass is 446 g/mol. The van der Waals surface area contributed by atoms with E-state index in [2.05, 4.69) is 0 Å². The summed E-state index contributed by atoms with van der Waals surface area (Å²) >= 11 is 8.22. The summed E-state index contributed by atoms with van der Waals surface area (Å²) in [5, 5.41) is 11.3. The van der Waals surface area contributed by atoms with Crippen LogP contribution in [0.2, 0.25) is 0 Å². The number of rotatable bonds is 9. The summed E-state index contributed by atoms with van der Waals surface area (Å²) in [6, 6.07) is 13.6. The van der Waals surface area contributed by atoms with Gasteiger partial charge < -0.3 is 10.0 Å². The molecular formula is C21H22N2O3S3. The van der Waals surface area contributed by atoms with Crippen LogP contribution in [-0.2, 0) is 16.1 Å². The predicted octanol–water partition coefficient (Wildman–Crippen LogP) is 3.75. The maximum Gasteiger partial charge on any atom is 0.266 e. The Morgan fingerprint density at radius 3 is 2.69 bits per heavy atom. The fraction of sp³-hybridized carbons (Fsp3) is 0.286. The molecule has 152 valence electrons. The molecule has 8 heteroatoms. The topological polar surface area (TPSA) is 60.9 Å². The van der Waals surface area contributed by atoms with E-state index in [1.54, 1.807) is 21.1 Å². The zero-order valence-electron chi connectivity index (χ0n) is 15.8. The van der Waals surface area contributed by atoms with Crippen LogP contribution in [0.15, 0.2) is 52.7 Å². The van der Waals surface area contributed by atoms with Crippen molar-refractivity contribution in [3.8, 4) is 0 Å². The first kappa shape index (κ1) is 21.7. The van der Waals surface area contributed by atoms with Gasteiger partial charge in [0.15, 0.2) is 0 Å². The number of aliphatic hydroxyl groups excluding tert-OH is 1. The lowest BCUT2D eigenvalue weighted by Gasteiger charge is -2.22. The number of carbonyl (C=O) groups excluding carboxylic acids is 2. The van der Waals surface area contributed by atoms with Crippen molar-refractivity contribution < 1.29 is 14.7 Å². The molecule has 5 nitrogen and oxygen atoms in total. The number of aliphatic hydroxyl groups is 1. The molecule has 2 aromatic rings. The van der Waals surface area contributed by atoms with E-state index >= 15 is 0 Å². The summed E-state index contributed by atoms with van der Waals surface area (Å²) in [5.74, 6) is -0.139. The quantitative estimate of drug-likeness (QED) is 0.470. The second-order valence-electron chi connectivity index (χ2n) is 6.48. The van der Waals surface area contributed by atoms with Crippen molar-refractivity contribution in [3.63, 3.8) is 0 Å². The van der Waals surface area contributed by atoms with E-state index in [-0.39, 0.29) is 18.4 Å². The van der Waals surface area contributed by atoms with Crippen molar-refractivity contribution in [2.45, 2.75) is 19.4 Å². The summed E-state index contributed by atoms with van der Waals surface area (Å²) in [6.45, 7) is 1.08. The Balaban J connectivity index is 1.53. The molecule has 29 heavy (non-hydrogen) atoms. The van der Waals surface area contributed by atoms with Crippen LogP contribution < -0.4 is 0 Å². The Bertz CT molecular complexity index is 882. The van der Waals surface area contributed by atoms with Gasteiger partial charge in [-0.05, 0) is 29.5 Å². The fourth-order valence-corrected chi connectivity index (χ4v) is 4.99. The third-order valence-electron chi connectivity index (χ3n) is 4.40. The Morgan fingerprint density at radius 2 is 2.00 bits per heavy atom. The lowest BCUT2D eigenvalue weighted by Crippen LogP contribution is -2.34. The minimum Gasteiger partial charge on any atom is -0.395 e. The molecule has 0 radical (unpaired) electrons. The highest BCUT2D eigenvalue weighted by Crippen LogP contribution is 2.33. The number of hydrogen-bond acceptors (Lipinski definition) is 6. The maximum absolute atomic E-state index is 12.6. The summed E-state index contributed by atoms with van der Waals surface area (Å²) in [6.07, 6.45) is 2.68. The van der Waals surface area contributed by atoms with E-state index in [1.807, 2.05) is 53.9 Å². The van der Waals surface area contributed by atoms with Crippen LogP contribution in [0.25, 0.3) is 6.08 Å². The average Bonchev–Trinajstić information content (AvgIpc) is 3.32. The third kappa shape index (κ3) is 5.99. The first-order chi connectivity index (χ1) is 14.1. The number of amides is 2. The molecule has 0 atom stereocenters. The highest BCUT2D eigenvalue weighted by atomic mass is 32.2. The summed E-state index contributed by atoms with van der Waals surface area (Å²) in [5.41, 5.74) is 1.02. The van der Waals surface area contributed by atoms with E-state index in [0.717, 1.165) is 10.4 Å². The molecule has 1 aliphatic heterocycles. The van der Waals surface area contributed by atoms with E-state index in [9.17, 15) is 14.7 Å². The molecule has 3 rings (SSSR count). The number of thiophene rings is 1. The highest BCUT2D eigenvalue weighted by molar-refractivity contribution is 8.26. The Hall–Kier alpha value is -2.00. The molecule has 0 spiro atoms. The van der Waals surface area contributed by atoms with Gasteiger partial charge in [-0.15, -0.1) is 11.3 Å².